The van der Waals surface area contributed by atoms with Crippen LogP contribution in [-0.2, 0) is 20.7 Å². The number of benzene rings is 1. The maximum Gasteiger partial charge on any atom is 0.230 e. The topological polar surface area (TPSA) is 62.7 Å². The molecule has 28 heavy (non-hydrogen) atoms. The van der Waals surface area contributed by atoms with Crippen molar-refractivity contribution in [1.82, 2.24) is 14.8 Å². The number of rotatable bonds is 6. The van der Waals surface area contributed by atoms with Crippen molar-refractivity contribution in [3.05, 3.63) is 41.4 Å². The van der Waals surface area contributed by atoms with Gasteiger partial charge in [0.15, 0.2) is 0 Å². The monoisotopic (exact) mass is 399 g/mol. The summed E-state index contributed by atoms with van der Waals surface area (Å²) < 4.78 is 5.10. The SMILES string of the molecule is COCCN1CCC2(CCN(C(=O)Cc3csc(-c4ccccc4)n3)C2)C1=O. The maximum absolute atomic E-state index is 12.8. The number of aromatic nitrogens is 1. The predicted octanol–water partition coefficient (Wildman–Crippen LogP) is 2.45. The summed E-state index contributed by atoms with van der Waals surface area (Å²) in [6, 6.07) is 10.00. The molecule has 1 atom stereocenters. The largest absolute Gasteiger partial charge is 0.383 e. The summed E-state index contributed by atoms with van der Waals surface area (Å²) in [5.41, 5.74) is 1.48. The molecule has 0 N–H and O–H groups in total. The molecule has 148 valence electrons. The van der Waals surface area contributed by atoms with Crippen molar-refractivity contribution in [2.45, 2.75) is 19.3 Å². The lowest BCUT2D eigenvalue weighted by Crippen LogP contribution is -2.39. The Morgan fingerprint density at radius 1 is 1.25 bits per heavy atom. The van der Waals surface area contributed by atoms with Crippen LogP contribution in [0.25, 0.3) is 10.6 Å². The van der Waals surface area contributed by atoms with E-state index >= 15 is 0 Å². The number of nitrogens with zero attached hydrogens (tertiary/aromatic N) is 3. The fourth-order valence-corrected chi connectivity index (χ4v) is 4.97. The molecule has 2 aromatic rings. The van der Waals surface area contributed by atoms with Gasteiger partial charge in [-0.25, -0.2) is 4.98 Å². The van der Waals surface area contributed by atoms with Crippen LogP contribution in [0.5, 0.6) is 0 Å². The quantitative estimate of drug-likeness (QED) is 0.749. The highest BCUT2D eigenvalue weighted by Crippen LogP contribution is 2.40. The van der Waals surface area contributed by atoms with E-state index in [1.54, 1.807) is 18.4 Å². The van der Waals surface area contributed by atoms with E-state index in [2.05, 4.69) is 4.98 Å². The van der Waals surface area contributed by atoms with E-state index in [0.29, 0.717) is 32.7 Å². The highest BCUT2D eigenvalue weighted by atomic mass is 32.1. The smallest absolute Gasteiger partial charge is 0.230 e. The summed E-state index contributed by atoms with van der Waals surface area (Å²) in [6.45, 7) is 3.13. The second kappa shape index (κ2) is 8.01. The van der Waals surface area contributed by atoms with Crippen LogP contribution in [0, 0.1) is 5.41 Å². The molecule has 7 heteroatoms. The second-order valence-electron chi connectivity index (χ2n) is 7.57. The lowest BCUT2D eigenvalue weighted by atomic mass is 9.85. The van der Waals surface area contributed by atoms with Gasteiger partial charge in [-0.2, -0.15) is 0 Å². The molecule has 0 saturated carbocycles. The van der Waals surface area contributed by atoms with Crippen molar-refractivity contribution >= 4 is 23.2 Å². The van der Waals surface area contributed by atoms with Gasteiger partial charge in [-0.3, -0.25) is 9.59 Å². The molecule has 3 heterocycles. The molecular formula is C21H25N3O3S. The number of hydrogen-bond acceptors (Lipinski definition) is 5. The minimum absolute atomic E-state index is 0.0601. The first-order chi connectivity index (χ1) is 13.6. The summed E-state index contributed by atoms with van der Waals surface area (Å²) in [5, 5.41) is 2.89. The highest BCUT2D eigenvalue weighted by Gasteiger charge is 2.51. The molecule has 1 unspecified atom stereocenters. The van der Waals surface area contributed by atoms with Gasteiger partial charge in [0.25, 0.3) is 0 Å². The Morgan fingerprint density at radius 3 is 2.82 bits per heavy atom. The molecule has 0 aliphatic carbocycles. The fraction of sp³-hybridized carbons (Fsp3) is 0.476. The van der Waals surface area contributed by atoms with Gasteiger partial charge in [-0.1, -0.05) is 30.3 Å². The normalized spacial score (nSPS) is 21.8. The molecule has 4 rings (SSSR count). The average Bonchev–Trinajstić information content (AvgIpc) is 3.43. The Labute approximate surface area is 169 Å². The van der Waals surface area contributed by atoms with E-state index in [-0.39, 0.29) is 17.2 Å². The first-order valence-corrected chi connectivity index (χ1v) is 10.6. The standard InChI is InChI=1S/C21H25N3O3S/c1-27-12-11-23-9-7-21(20(23)26)8-10-24(15-21)18(25)13-17-14-28-19(22-17)16-5-3-2-4-6-16/h2-6,14H,7-13,15H2,1H3. The zero-order valence-corrected chi connectivity index (χ0v) is 16.9. The van der Waals surface area contributed by atoms with Crippen LogP contribution in [0.3, 0.4) is 0 Å². The Kier molecular flexibility index (Phi) is 5.46. The number of thiazole rings is 1. The Balaban J connectivity index is 1.37. The summed E-state index contributed by atoms with van der Waals surface area (Å²) in [5.74, 6) is 0.241. The van der Waals surface area contributed by atoms with Crippen LogP contribution in [0.2, 0.25) is 0 Å². The van der Waals surface area contributed by atoms with Gasteiger partial charge in [0, 0.05) is 44.2 Å². The molecule has 2 aliphatic rings. The number of ether oxygens (including phenoxy) is 1. The summed E-state index contributed by atoms with van der Waals surface area (Å²) >= 11 is 1.56. The van der Waals surface area contributed by atoms with E-state index in [0.717, 1.165) is 35.7 Å². The number of carbonyl (C=O) groups is 2. The molecule has 6 nitrogen and oxygen atoms in total. The molecule has 1 aromatic carbocycles. The summed E-state index contributed by atoms with van der Waals surface area (Å²) in [4.78, 5) is 34.0. The van der Waals surface area contributed by atoms with E-state index in [1.165, 1.54) is 0 Å². The van der Waals surface area contributed by atoms with E-state index < -0.39 is 0 Å². The highest BCUT2D eigenvalue weighted by molar-refractivity contribution is 7.13. The molecule has 2 aliphatic heterocycles. The molecule has 0 radical (unpaired) electrons. The average molecular weight is 400 g/mol. The number of likely N-dealkylation sites (tertiary alicyclic amines) is 2. The molecule has 1 spiro atoms. The van der Waals surface area contributed by atoms with Crippen molar-refractivity contribution in [2.75, 3.05) is 39.9 Å². The zero-order chi connectivity index (χ0) is 19.6. The Bertz CT molecular complexity index is 854. The first-order valence-electron chi connectivity index (χ1n) is 9.67. The lowest BCUT2D eigenvalue weighted by molar-refractivity contribution is -0.136. The van der Waals surface area contributed by atoms with Crippen molar-refractivity contribution in [2.24, 2.45) is 5.41 Å². The van der Waals surface area contributed by atoms with Crippen molar-refractivity contribution in [1.29, 1.82) is 0 Å². The van der Waals surface area contributed by atoms with Crippen molar-refractivity contribution in [3.63, 3.8) is 0 Å². The van der Waals surface area contributed by atoms with Gasteiger partial charge in [-0.15, -0.1) is 11.3 Å². The summed E-state index contributed by atoms with van der Waals surface area (Å²) in [6.07, 6.45) is 1.88. The van der Waals surface area contributed by atoms with Crippen LogP contribution in [0.15, 0.2) is 35.7 Å². The van der Waals surface area contributed by atoms with E-state index in [9.17, 15) is 9.59 Å². The Morgan fingerprint density at radius 2 is 2.04 bits per heavy atom. The van der Waals surface area contributed by atoms with Crippen LogP contribution >= 0.6 is 11.3 Å². The van der Waals surface area contributed by atoms with Gasteiger partial charge in [0.1, 0.15) is 5.01 Å². The molecule has 2 fully saturated rings. The molecular weight excluding hydrogens is 374 g/mol. The minimum Gasteiger partial charge on any atom is -0.383 e. The third kappa shape index (κ3) is 3.69. The summed E-state index contributed by atoms with van der Waals surface area (Å²) in [7, 11) is 1.65. The maximum atomic E-state index is 12.8. The molecule has 2 saturated heterocycles. The zero-order valence-electron chi connectivity index (χ0n) is 16.1. The van der Waals surface area contributed by atoms with Gasteiger partial charge >= 0.3 is 0 Å². The van der Waals surface area contributed by atoms with Gasteiger partial charge in [-0.05, 0) is 12.8 Å². The number of hydrogen-bond donors (Lipinski definition) is 0. The van der Waals surface area contributed by atoms with Crippen LogP contribution < -0.4 is 0 Å². The lowest BCUT2D eigenvalue weighted by Gasteiger charge is -2.23. The van der Waals surface area contributed by atoms with Crippen molar-refractivity contribution < 1.29 is 14.3 Å². The fourth-order valence-electron chi connectivity index (χ4n) is 4.14. The van der Waals surface area contributed by atoms with Crippen LogP contribution in [0.1, 0.15) is 18.5 Å². The number of amides is 2. The van der Waals surface area contributed by atoms with E-state index in [4.69, 9.17) is 4.74 Å². The number of carbonyl (C=O) groups excluding carboxylic acids is 2. The van der Waals surface area contributed by atoms with Crippen molar-refractivity contribution in [3.8, 4) is 10.6 Å². The van der Waals surface area contributed by atoms with Gasteiger partial charge in [0.05, 0.1) is 24.1 Å². The second-order valence-corrected chi connectivity index (χ2v) is 8.43. The molecule has 1 aromatic heterocycles. The van der Waals surface area contributed by atoms with Crippen LogP contribution in [-0.4, -0.2) is 66.5 Å². The van der Waals surface area contributed by atoms with Crippen LogP contribution in [0.4, 0.5) is 0 Å². The van der Waals surface area contributed by atoms with Gasteiger partial charge in [0.2, 0.25) is 11.8 Å². The third-order valence-corrected chi connectivity index (χ3v) is 6.72. The molecule has 0 bridgehead atoms. The van der Waals surface area contributed by atoms with E-state index in [1.807, 2.05) is 45.5 Å². The molecule has 2 amide bonds. The Hall–Kier alpha value is -2.25. The predicted molar refractivity (Wildman–Crippen MR) is 108 cm³/mol. The number of methoxy groups -OCH3 is 1. The first kappa shape index (κ1) is 19.1. The third-order valence-electron chi connectivity index (χ3n) is 5.78. The minimum atomic E-state index is -0.388. The van der Waals surface area contributed by atoms with Gasteiger partial charge < -0.3 is 14.5 Å².